The molecule has 78 valence electrons. The number of rotatable bonds is 2. The molecule has 2 N–H and O–H groups in total. The molecular formula is C10H10N2O2S. The molecule has 1 aliphatic heterocycles. The molecule has 2 amide bonds. The van der Waals surface area contributed by atoms with Crippen molar-refractivity contribution in [1.29, 1.82) is 0 Å². The quantitative estimate of drug-likeness (QED) is 0.605. The second-order valence-electron chi connectivity index (χ2n) is 3.23. The Morgan fingerprint density at radius 3 is 2.07 bits per heavy atom. The summed E-state index contributed by atoms with van der Waals surface area (Å²) in [5.41, 5.74) is 0.625. The Balaban J connectivity index is 2.29. The van der Waals surface area contributed by atoms with E-state index in [4.69, 9.17) is 5.14 Å². The van der Waals surface area contributed by atoms with Gasteiger partial charge in [-0.1, -0.05) is 0 Å². The number of carbonyl (C=O) groups is 2. The molecule has 0 radical (unpaired) electrons. The Hall–Kier alpha value is -1.33. The topological polar surface area (TPSA) is 63.4 Å². The first kappa shape index (κ1) is 10.2. The Morgan fingerprint density at radius 1 is 1.07 bits per heavy atom. The molecule has 15 heavy (non-hydrogen) atoms. The van der Waals surface area contributed by atoms with Crippen molar-refractivity contribution in [3.05, 3.63) is 24.3 Å². The van der Waals surface area contributed by atoms with Crippen molar-refractivity contribution in [3.63, 3.8) is 0 Å². The summed E-state index contributed by atoms with van der Waals surface area (Å²) in [4.78, 5) is 25.0. The van der Waals surface area contributed by atoms with Gasteiger partial charge in [0.2, 0.25) is 11.8 Å². The predicted molar refractivity (Wildman–Crippen MR) is 58.2 cm³/mol. The molecule has 1 aromatic carbocycles. The molecule has 2 rings (SSSR count). The van der Waals surface area contributed by atoms with E-state index in [0.717, 1.165) is 16.8 Å². The Morgan fingerprint density at radius 2 is 1.60 bits per heavy atom. The smallest absolute Gasteiger partial charge is 0.234 e. The van der Waals surface area contributed by atoms with Gasteiger partial charge in [0.15, 0.2) is 0 Å². The molecule has 1 aromatic rings. The van der Waals surface area contributed by atoms with E-state index in [1.807, 2.05) is 0 Å². The first-order valence-corrected chi connectivity index (χ1v) is 5.43. The van der Waals surface area contributed by atoms with E-state index >= 15 is 0 Å². The molecule has 1 aliphatic rings. The van der Waals surface area contributed by atoms with E-state index in [1.54, 1.807) is 24.3 Å². The molecule has 4 nitrogen and oxygen atoms in total. The summed E-state index contributed by atoms with van der Waals surface area (Å²) < 4.78 is 0. The number of benzene rings is 1. The normalized spacial score (nSPS) is 16.2. The SMILES string of the molecule is NSc1ccc(N2C(=O)CCC2=O)cc1. The monoisotopic (exact) mass is 222 g/mol. The third-order valence-corrected chi connectivity index (χ3v) is 2.83. The fourth-order valence-corrected chi connectivity index (χ4v) is 1.83. The minimum atomic E-state index is -0.131. The van der Waals surface area contributed by atoms with Crippen LogP contribution in [0.25, 0.3) is 0 Å². The van der Waals surface area contributed by atoms with Gasteiger partial charge in [-0.3, -0.25) is 19.6 Å². The molecule has 0 atom stereocenters. The fourth-order valence-electron chi connectivity index (χ4n) is 1.54. The lowest BCUT2D eigenvalue weighted by molar-refractivity contribution is -0.121. The number of nitrogens with two attached hydrogens (primary N) is 1. The number of amides is 2. The van der Waals surface area contributed by atoms with Gasteiger partial charge in [0.1, 0.15) is 0 Å². The van der Waals surface area contributed by atoms with E-state index in [-0.39, 0.29) is 11.8 Å². The minimum absolute atomic E-state index is 0.131. The lowest BCUT2D eigenvalue weighted by Gasteiger charge is -2.13. The van der Waals surface area contributed by atoms with E-state index in [1.165, 1.54) is 4.90 Å². The summed E-state index contributed by atoms with van der Waals surface area (Å²) in [5.74, 6) is -0.263. The predicted octanol–water partition coefficient (Wildman–Crippen LogP) is 1.31. The summed E-state index contributed by atoms with van der Waals surface area (Å²) in [6.45, 7) is 0. The molecule has 0 unspecified atom stereocenters. The maximum Gasteiger partial charge on any atom is 0.234 e. The second kappa shape index (κ2) is 4.04. The number of hydrogen-bond donors (Lipinski definition) is 1. The van der Waals surface area contributed by atoms with Crippen LogP contribution in [0, 0.1) is 0 Å². The maximum absolute atomic E-state index is 11.4. The van der Waals surface area contributed by atoms with Crippen LogP contribution >= 0.6 is 11.9 Å². The average Bonchev–Trinajstić information content (AvgIpc) is 2.59. The molecule has 0 aromatic heterocycles. The van der Waals surface area contributed by atoms with Crippen molar-refractivity contribution in [2.75, 3.05) is 4.90 Å². The van der Waals surface area contributed by atoms with Crippen molar-refractivity contribution in [2.45, 2.75) is 17.7 Å². The summed E-state index contributed by atoms with van der Waals surface area (Å²) in [5, 5.41) is 5.38. The van der Waals surface area contributed by atoms with E-state index in [0.29, 0.717) is 18.5 Å². The van der Waals surface area contributed by atoms with Gasteiger partial charge in [0.05, 0.1) is 5.69 Å². The van der Waals surface area contributed by atoms with Gasteiger partial charge in [0.25, 0.3) is 0 Å². The summed E-state index contributed by atoms with van der Waals surface area (Å²) in [6, 6.07) is 7.05. The molecule has 0 spiro atoms. The fraction of sp³-hybridized carbons (Fsp3) is 0.200. The molecule has 0 bridgehead atoms. The highest BCUT2D eigenvalue weighted by molar-refractivity contribution is 7.97. The molecule has 0 saturated carbocycles. The van der Waals surface area contributed by atoms with Crippen LogP contribution in [0.1, 0.15) is 12.8 Å². The van der Waals surface area contributed by atoms with Gasteiger partial charge >= 0.3 is 0 Å². The lowest BCUT2D eigenvalue weighted by Crippen LogP contribution is -2.28. The summed E-state index contributed by atoms with van der Waals surface area (Å²) in [6.07, 6.45) is 0.623. The summed E-state index contributed by atoms with van der Waals surface area (Å²) >= 11 is 1.13. The number of nitrogens with zero attached hydrogens (tertiary/aromatic N) is 1. The van der Waals surface area contributed by atoms with Gasteiger partial charge in [-0.2, -0.15) is 0 Å². The van der Waals surface area contributed by atoms with Crippen molar-refractivity contribution in [1.82, 2.24) is 0 Å². The molecule has 1 fully saturated rings. The summed E-state index contributed by atoms with van der Waals surface area (Å²) in [7, 11) is 0. The van der Waals surface area contributed by atoms with Gasteiger partial charge < -0.3 is 0 Å². The van der Waals surface area contributed by atoms with Crippen LogP contribution < -0.4 is 10.0 Å². The largest absolute Gasteiger partial charge is 0.274 e. The van der Waals surface area contributed by atoms with Gasteiger partial charge in [-0.15, -0.1) is 0 Å². The third-order valence-electron chi connectivity index (χ3n) is 2.28. The molecule has 5 heteroatoms. The number of anilines is 1. The third kappa shape index (κ3) is 1.88. The zero-order valence-electron chi connectivity index (χ0n) is 7.97. The molecule has 1 heterocycles. The van der Waals surface area contributed by atoms with E-state index in [2.05, 4.69) is 0 Å². The lowest BCUT2D eigenvalue weighted by atomic mass is 10.3. The van der Waals surface area contributed by atoms with Gasteiger partial charge in [0, 0.05) is 17.7 Å². The van der Waals surface area contributed by atoms with Crippen LogP contribution in [0.3, 0.4) is 0 Å². The Labute approximate surface area is 91.6 Å². The van der Waals surface area contributed by atoms with Crippen LogP contribution in [0.15, 0.2) is 29.2 Å². The van der Waals surface area contributed by atoms with Crippen LogP contribution in [-0.4, -0.2) is 11.8 Å². The maximum atomic E-state index is 11.4. The molecule has 1 saturated heterocycles. The van der Waals surface area contributed by atoms with Crippen LogP contribution in [0.4, 0.5) is 5.69 Å². The van der Waals surface area contributed by atoms with Crippen molar-refractivity contribution >= 4 is 29.4 Å². The highest BCUT2D eigenvalue weighted by Gasteiger charge is 2.29. The van der Waals surface area contributed by atoms with Gasteiger partial charge in [-0.05, 0) is 36.2 Å². The second-order valence-corrected chi connectivity index (χ2v) is 3.94. The first-order chi connectivity index (χ1) is 7.22. The number of carbonyl (C=O) groups excluding carboxylic acids is 2. The molecule has 0 aliphatic carbocycles. The van der Waals surface area contributed by atoms with Crippen molar-refractivity contribution in [2.24, 2.45) is 5.14 Å². The number of hydrogen-bond acceptors (Lipinski definition) is 4. The van der Waals surface area contributed by atoms with Crippen molar-refractivity contribution in [3.8, 4) is 0 Å². The van der Waals surface area contributed by atoms with Crippen LogP contribution in [0.5, 0.6) is 0 Å². The minimum Gasteiger partial charge on any atom is -0.274 e. The molecular weight excluding hydrogens is 212 g/mol. The zero-order chi connectivity index (χ0) is 10.8. The van der Waals surface area contributed by atoms with E-state index in [9.17, 15) is 9.59 Å². The first-order valence-electron chi connectivity index (χ1n) is 4.55. The highest BCUT2D eigenvalue weighted by Crippen LogP contribution is 2.24. The standard InChI is InChI=1S/C10H10N2O2S/c11-15-8-3-1-7(2-4-8)12-9(13)5-6-10(12)14/h1-4H,5-6,11H2. The van der Waals surface area contributed by atoms with Crippen LogP contribution in [-0.2, 0) is 9.59 Å². The Kier molecular flexibility index (Phi) is 2.75. The zero-order valence-corrected chi connectivity index (χ0v) is 8.79. The van der Waals surface area contributed by atoms with Gasteiger partial charge in [-0.25, -0.2) is 0 Å². The van der Waals surface area contributed by atoms with Crippen molar-refractivity contribution < 1.29 is 9.59 Å². The van der Waals surface area contributed by atoms with Crippen LogP contribution in [0.2, 0.25) is 0 Å². The number of imide groups is 1. The van der Waals surface area contributed by atoms with E-state index < -0.39 is 0 Å². The highest BCUT2D eigenvalue weighted by atomic mass is 32.2. The average molecular weight is 222 g/mol. The Bertz CT molecular complexity index is 386.